The van der Waals surface area contributed by atoms with Crippen molar-refractivity contribution in [1.82, 2.24) is 0 Å². The van der Waals surface area contributed by atoms with E-state index in [-0.39, 0.29) is 17.8 Å². The second kappa shape index (κ2) is 4.41. The van der Waals surface area contributed by atoms with Crippen LogP contribution < -0.4 is 0 Å². The van der Waals surface area contributed by atoms with Gasteiger partial charge in [0.15, 0.2) is 17.6 Å². The Morgan fingerprint density at radius 3 is 2.53 bits per heavy atom. The number of benzene rings is 1. The predicted octanol–water partition coefficient (Wildman–Crippen LogP) is 1.56. The zero-order valence-corrected chi connectivity index (χ0v) is 9.34. The summed E-state index contributed by atoms with van der Waals surface area (Å²) >= 11 is 0. The van der Waals surface area contributed by atoms with Gasteiger partial charge in [-0.1, -0.05) is 30.3 Å². The van der Waals surface area contributed by atoms with Crippen molar-refractivity contribution in [3.05, 3.63) is 47.2 Å². The Balaban J connectivity index is 2.19. The Kier molecular flexibility index (Phi) is 2.95. The Morgan fingerprint density at radius 1 is 1.35 bits per heavy atom. The lowest BCUT2D eigenvalue weighted by Crippen LogP contribution is -2.13. The molecule has 0 aliphatic carbocycles. The van der Waals surface area contributed by atoms with Crippen LogP contribution in [0.5, 0.6) is 0 Å². The Labute approximate surface area is 98.5 Å². The average molecular weight is 232 g/mol. The molecule has 88 valence electrons. The van der Waals surface area contributed by atoms with E-state index in [0.29, 0.717) is 0 Å². The lowest BCUT2D eigenvalue weighted by atomic mass is 10.0. The molecule has 1 aromatic carbocycles. The molecule has 1 heterocycles. The number of Topliss-reactive ketones (excluding diaryl/α,β-unsaturated/α-hetero) is 1. The lowest BCUT2D eigenvalue weighted by molar-refractivity contribution is -0.140. The number of ketones is 1. The van der Waals surface area contributed by atoms with Crippen molar-refractivity contribution in [1.29, 1.82) is 0 Å². The van der Waals surface area contributed by atoms with E-state index in [1.165, 1.54) is 6.92 Å². The minimum absolute atomic E-state index is 0.0854. The zero-order valence-electron chi connectivity index (χ0n) is 9.34. The van der Waals surface area contributed by atoms with Crippen molar-refractivity contribution >= 4 is 11.8 Å². The molecule has 17 heavy (non-hydrogen) atoms. The summed E-state index contributed by atoms with van der Waals surface area (Å²) in [5, 5.41) is 9.59. The second-order valence-corrected chi connectivity index (χ2v) is 3.89. The average Bonchev–Trinajstić information content (AvgIpc) is 2.54. The smallest absolute Gasteiger partial charge is 0.346 e. The highest BCUT2D eigenvalue weighted by molar-refractivity contribution is 6.19. The minimum Gasteiger partial charge on any atom is -0.507 e. The van der Waals surface area contributed by atoms with Crippen LogP contribution in [0.3, 0.4) is 0 Å². The molecule has 0 aromatic heterocycles. The third-order valence-electron chi connectivity index (χ3n) is 2.62. The molecule has 0 bridgehead atoms. The summed E-state index contributed by atoms with van der Waals surface area (Å²) in [6.45, 7) is 1.52. The van der Waals surface area contributed by atoms with Crippen LogP contribution in [-0.4, -0.2) is 23.0 Å². The largest absolute Gasteiger partial charge is 0.507 e. The van der Waals surface area contributed by atoms with E-state index >= 15 is 0 Å². The molecule has 0 saturated heterocycles. The molecule has 0 unspecified atom stereocenters. The molecular weight excluding hydrogens is 220 g/mol. The summed E-state index contributed by atoms with van der Waals surface area (Å²) in [7, 11) is 0. The van der Waals surface area contributed by atoms with Crippen molar-refractivity contribution in [3.8, 4) is 0 Å². The van der Waals surface area contributed by atoms with Crippen LogP contribution in [0.25, 0.3) is 0 Å². The van der Waals surface area contributed by atoms with Gasteiger partial charge in [-0.15, -0.1) is 0 Å². The van der Waals surface area contributed by atoms with E-state index in [9.17, 15) is 14.7 Å². The molecule has 0 amide bonds. The number of hydrogen-bond donors (Lipinski definition) is 1. The summed E-state index contributed by atoms with van der Waals surface area (Å²) in [4.78, 5) is 23.2. The molecule has 0 spiro atoms. The van der Waals surface area contributed by atoms with Gasteiger partial charge in [0.1, 0.15) is 5.57 Å². The van der Waals surface area contributed by atoms with Crippen LogP contribution in [-0.2, 0) is 20.7 Å². The number of cyclic esters (lactones) is 1. The molecule has 0 radical (unpaired) electrons. The number of rotatable bonds is 3. The highest BCUT2D eigenvalue weighted by atomic mass is 16.6. The van der Waals surface area contributed by atoms with Crippen LogP contribution in [0.1, 0.15) is 12.5 Å². The molecule has 1 N–H and O–H groups in total. The SMILES string of the molecule is C[C@@H]1OC(=O)C(C(=O)Cc2ccccc2)=C1O. The van der Waals surface area contributed by atoms with Crippen molar-refractivity contribution in [3.63, 3.8) is 0 Å². The second-order valence-electron chi connectivity index (χ2n) is 3.89. The van der Waals surface area contributed by atoms with Crippen molar-refractivity contribution in [2.24, 2.45) is 0 Å². The van der Waals surface area contributed by atoms with Crippen molar-refractivity contribution in [2.75, 3.05) is 0 Å². The first-order valence-electron chi connectivity index (χ1n) is 5.31. The number of esters is 1. The Bertz CT molecular complexity index is 487. The van der Waals surface area contributed by atoms with E-state index < -0.39 is 17.9 Å². The molecule has 1 aliphatic heterocycles. The lowest BCUT2D eigenvalue weighted by Gasteiger charge is -2.00. The molecule has 1 aliphatic rings. The first kappa shape index (κ1) is 11.4. The number of aliphatic hydroxyl groups is 1. The number of ether oxygens (including phenoxy) is 1. The molecule has 4 heteroatoms. The number of aliphatic hydroxyl groups excluding tert-OH is 1. The normalized spacial score (nSPS) is 19.4. The standard InChI is InChI=1S/C13H12O4/c1-8-12(15)11(13(16)17-8)10(14)7-9-5-3-2-4-6-9/h2-6,8,15H,7H2,1H3/t8-/m0/s1. The summed E-state index contributed by atoms with van der Waals surface area (Å²) in [6, 6.07) is 9.05. The van der Waals surface area contributed by atoms with Gasteiger partial charge in [0.2, 0.25) is 0 Å². The minimum atomic E-state index is -0.740. The van der Waals surface area contributed by atoms with Gasteiger partial charge in [-0.3, -0.25) is 4.79 Å². The maximum atomic E-state index is 11.9. The summed E-state index contributed by atoms with van der Waals surface area (Å²) in [6.07, 6.45) is -0.639. The van der Waals surface area contributed by atoms with Gasteiger partial charge in [0.05, 0.1) is 0 Å². The number of hydrogen-bond acceptors (Lipinski definition) is 4. The highest BCUT2D eigenvalue weighted by Crippen LogP contribution is 2.22. The Hall–Kier alpha value is -2.10. The number of carbonyl (C=O) groups is 2. The topological polar surface area (TPSA) is 63.6 Å². The Morgan fingerprint density at radius 2 is 2.00 bits per heavy atom. The van der Waals surface area contributed by atoms with Crippen LogP contribution in [0.4, 0.5) is 0 Å². The van der Waals surface area contributed by atoms with Crippen molar-refractivity contribution in [2.45, 2.75) is 19.4 Å². The zero-order chi connectivity index (χ0) is 12.4. The molecule has 1 aromatic rings. The third kappa shape index (κ3) is 2.20. The van der Waals surface area contributed by atoms with Gasteiger partial charge in [-0.05, 0) is 12.5 Å². The summed E-state index contributed by atoms with van der Waals surface area (Å²) < 4.78 is 4.76. The van der Waals surface area contributed by atoms with Gasteiger partial charge in [-0.2, -0.15) is 0 Å². The monoisotopic (exact) mass is 232 g/mol. The van der Waals surface area contributed by atoms with Crippen molar-refractivity contribution < 1.29 is 19.4 Å². The number of carbonyl (C=O) groups excluding carboxylic acids is 2. The van der Waals surface area contributed by atoms with Crippen LogP contribution in [0, 0.1) is 0 Å². The predicted molar refractivity (Wildman–Crippen MR) is 60.4 cm³/mol. The van der Waals surface area contributed by atoms with Crippen LogP contribution in [0.15, 0.2) is 41.7 Å². The highest BCUT2D eigenvalue weighted by Gasteiger charge is 2.35. The first-order valence-corrected chi connectivity index (χ1v) is 5.31. The quantitative estimate of drug-likeness (QED) is 0.634. The fraction of sp³-hybridized carbons (Fsp3) is 0.231. The fourth-order valence-corrected chi connectivity index (χ4v) is 1.71. The maximum absolute atomic E-state index is 11.9. The molecule has 0 fully saturated rings. The van der Waals surface area contributed by atoms with E-state index in [1.54, 1.807) is 12.1 Å². The third-order valence-corrected chi connectivity index (χ3v) is 2.62. The molecule has 2 rings (SSSR count). The molecule has 0 saturated carbocycles. The first-order chi connectivity index (χ1) is 8.09. The molecular formula is C13H12O4. The van der Waals surface area contributed by atoms with Gasteiger partial charge in [-0.25, -0.2) is 4.79 Å². The van der Waals surface area contributed by atoms with Gasteiger partial charge >= 0.3 is 5.97 Å². The van der Waals surface area contributed by atoms with Crippen LogP contribution >= 0.6 is 0 Å². The van der Waals surface area contributed by atoms with E-state index in [2.05, 4.69) is 0 Å². The van der Waals surface area contributed by atoms with E-state index in [0.717, 1.165) is 5.56 Å². The van der Waals surface area contributed by atoms with Gasteiger partial charge < -0.3 is 9.84 Å². The van der Waals surface area contributed by atoms with E-state index in [1.807, 2.05) is 18.2 Å². The fourth-order valence-electron chi connectivity index (χ4n) is 1.71. The summed E-state index contributed by atoms with van der Waals surface area (Å²) in [5.41, 5.74) is 0.575. The molecule has 4 nitrogen and oxygen atoms in total. The van der Waals surface area contributed by atoms with E-state index in [4.69, 9.17) is 4.74 Å². The van der Waals surface area contributed by atoms with Gasteiger partial charge in [0, 0.05) is 6.42 Å². The van der Waals surface area contributed by atoms with Crippen LogP contribution in [0.2, 0.25) is 0 Å². The molecule has 1 atom stereocenters. The van der Waals surface area contributed by atoms with Gasteiger partial charge in [0.25, 0.3) is 0 Å². The maximum Gasteiger partial charge on any atom is 0.346 e. The summed E-state index contributed by atoms with van der Waals surface area (Å²) in [5.74, 6) is -1.42.